The molecule has 0 saturated carbocycles. The van der Waals surface area contributed by atoms with Gasteiger partial charge in [-0.1, -0.05) is 6.07 Å². The van der Waals surface area contributed by atoms with Crippen molar-refractivity contribution in [2.45, 2.75) is 4.90 Å². The smallest absolute Gasteiger partial charge is 0.248 e. The number of pyridine rings is 2. The third-order valence-corrected chi connectivity index (χ3v) is 3.25. The lowest BCUT2D eigenvalue weighted by Crippen LogP contribution is -2.31. The van der Waals surface area contributed by atoms with E-state index in [0.29, 0.717) is 11.5 Å². The number of nitrogens with two attached hydrogens (primary N) is 1. The first kappa shape index (κ1) is 13.2. The van der Waals surface area contributed by atoms with E-state index in [2.05, 4.69) is 20.8 Å². The van der Waals surface area contributed by atoms with Crippen LogP contribution in [0.15, 0.2) is 47.8 Å². The molecule has 0 unspecified atom stereocenters. The molecule has 0 aliphatic carbocycles. The normalized spacial score (nSPS) is 9.89. The molecular weight excluding hydrogens is 262 g/mol. The maximum absolute atomic E-state index is 11.6. The lowest BCUT2D eigenvalue weighted by molar-refractivity contribution is -0.118. The van der Waals surface area contributed by atoms with E-state index in [0.717, 1.165) is 4.90 Å². The van der Waals surface area contributed by atoms with Gasteiger partial charge < -0.3 is 5.73 Å². The average molecular weight is 275 g/mol. The van der Waals surface area contributed by atoms with Gasteiger partial charge in [-0.25, -0.2) is 4.98 Å². The van der Waals surface area contributed by atoms with Gasteiger partial charge in [0.15, 0.2) is 0 Å². The van der Waals surface area contributed by atoms with Crippen LogP contribution in [0, 0.1) is 0 Å². The number of aromatic nitrogens is 2. The van der Waals surface area contributed by atoms with Crippen molar-refractivity contribution in [3.63, 3.8) is 0 Å². The second kappa shape index (κ2) is 6.60. The topological polar surface area (TPSA) is 92.9 Å². The van der Waals surface area contributed by atoms with Gasteiger partial charge in [0.25, 0.3) is 0 Å². The van der Waals surface area contributed by atoms with Gasteiger partial charge in [0.05, 0.1) is 17.6 Å². The van der Waals surface area contributed by atoms with E-state index >= 15 is 0 Å². The molecule has 19 heavy (non-hydrogen) atoms. The van der Waals surface area contributed by atoms with Crippen LogP contribution in [-0.4, -0.2) is 21.6 Å². The summed E-state index contributed by atoms with van der Waals surface area (Å²) in [6, 6.07) is 7.16. The molecule has 0 saturated heterocycles. The highest BCUT2D eigenvalue weighted by atomic mass is 32.2. The SMILES string of the molecule is Nc1cnccc1SCC(=O)NNc1ccccn1. The average Bonchev–Trinajstić information content (AvgIpc) is 2.45. The highest BCUT2D eigenvalue weighted by Gasteiger charge is 2.04. The van der Waals surface area contributed by atoms with Crippen LogP contribution in [-0.2, 0) is 4.79 Å². The van der Waals surface area contributed by atoms with Gasteiger partial charge in [-0.05, 0) is 18.2 Å². The summed E-state index contributed by atoms with van der Waals surface area (Å²) in [5.74, 6) is 0.685. The van der Waals surface area contributed by atoms with E-state index in [4.69, 9.17) is 5.73 Å². The zero-order valence-corrected chi connectivity index (χ0v) is 10.9. The number of carbonyl (C=O) groups is 1. The van der Waals surface area contributed by atoms with E-state index in [1.54, 1.807) is 36.8 Å². The molecule has 0 atom stereocenters. The molecule has 0 bridgehead atoms. The predicted molar refractivity (Wildman–Crippen MR) is 75.4 cm³/mol. The molecule has 7 heteroatoms. The van der Waals surface area contributed by atoms with E-state index in [-0.39, 0.29) is 11.7 Å². The fourth-order valence-electron chi connectivity index (χ4n) is 1.28. The number of carbonyl (C=O) groups excluding carboxylic acids is 1. The fraction of sp³-hybridized carbons (Fsp3) is 0.0833. The Hall–Kier alpha value is -2.28. The minimum Gasteiger partial charge on any atom is -0.397 e. The number of nitrogens with one attached hydrogen (secondary N) is 2. The number of rotatable bonds is 5. The van der Waals surface area contributed by atoms with E-state index < -0.39 is 0 Å². The molecule has 0 aliphatic rings. The summed E-state index contributed by atoms with van der Waals surface area (Å²) in [7, 11) is 0. The van der Waals surface area contributed by atoms with Gasteiger partial charge in [0, 0.05) is 17.3 Å². The van der Waals surface area contributed by atoms with Gasteiger partial charge in [-0.15, -0.1) is 11.8 Å². The van der Waals surface area contributed by atoms with Crippen molar-refractivity contribution in [1.29, 1.82) is 0 Å². The molecule has 98 valence electrons. The minimum absolute atomic E-state index is 0.160. The molecule has 4 N–H and O–H groups in total. The van der Waals surface area contributed by atoms with E-state index in [1.807, 2.05) is 6.07 Å². The summed E-state index contributed by atoms with van der Waals surface area (Å²) in [6.07, 6.45) is 4.84. The summed E-state index contributed by atoms with van der Waals surface area (Å²) in [6.45, 7) is 0. The standard InChI is InChI=1S/C12H13N5OS/c13-9-7-14-6-4-10(9)19-8-12(18)17-16-11-3-1-2-5-15-11/h1-7H,8,13H2,(H,15,16)(H,17,18). The summed E-state index contributed by atoms with van der Waals surface area (Å²) in [4.78, 5) is 20.4. The Morgan fingerprint density at radius 3 is 2.95 bits per heavy atom. The molecule has 0 aliphatic heterocycles. The number of thioether (sulfide) groups is 1. The Morgan fingerprint density at radius 2 is 2.21 bits per heavy atom. The molecule has 0 spiro atoms. The third-order valence-electron chi connectivity index (χ3n) is 2.16. The van der Waals surface area contributed by atoms with E-state index in [1.165, 1.54) is 11.8 Å². The zero-order chi connectivity index (χ0) is 13.5. The van der Waals surface area contributed by atoms with Crippen LogP contribution in [0.2, 0.25) is 0 Å². The summed E-state index contributed by atoms with van der Waals surface area (Å²) in [5, 5.41) is 0. The second-order valence-corrected chi connectivity index (χ2v) is 4.61. The Morgan fingerprint density at radius 1 is 1.32 bits per heavy atom. The molecule has 6 nitrogen and oxygen atoms in total. The lowest BCUT2D eigenvalue weighted by Gasteiger charge is -2.07. The number of nitrogen functional groups attached to an aromatic ring is 1. The van der Waals surface area contributed by atoms with Crippen LogP contribution < -0.4 is 16.6 Å². The largest absolute Gasteiger partial charge is 0.397 e. The molecule has 0 radical (unpaired) electrons. The van der Waals surface area contributed by atoms with Crippen LogP contribution in [0.4, 0.5) is 11.5 Å². The summed E-state index contributed by atoms with van der Waals surface area (Å²) >= 11 is 1.35. The number of hydrogen-bond acceptors (Lipinski definition) is 6. The molecule has 2 heterocycles. The van der Waals surface area contributed by atoms with Crippen LogP contribution in [0.5, 0.6) is 0 Å². The van der Waals surface area contributed by atoms with Crippen molar-refractivity contribution in [2.75, 3.05) is 16.9 Å². The van der Waals surface area contributed by atoms with Crippen LogP contribution in [0.1, 0.15) is 0 Å². The monoisotopic (exact) mass is 275 g/mol. The van der Waals surface area contributed by atoms with Gasteiger partial charge in [0.2, 0.25) is 5.91 Å². The van der Waals surface area contributed by atoms with Crippen molar-refractivity contribution in [3.8, 4) is 0 Å². The number of amides is 1. The zero-order valence-electron chi connectivity index (χ0n) is 10.0. The maximum Gasteiger partial charge on any atom is 0.248 e. The van der Waals surface area contributed by atoms with Gasteiger partial charge in [0.1, 0.15) is 5.82 Å². The molecule has 0 fully saturated rings. The summed E-state index contributed by atoms with van der Waals surface area (Å²) in [5.41, 5.74) is 11.6. The molecule has 0 aromatic carbocycles. The molecular formula is C12H13N5OS. The number of nitrogens with zero attached hydrogens (tertiary/aromatic N) is 2. The highest BCUT2D eigenvalue weighted by molar-refractivity contribution is 8.00. The highest BCUT2D eigenvalue weighted by Crippen LogP contribution is 2.22. The van der Waals surface area contributed by atoms with Crippen LogP contribution >= 0.6 is 11.8 Å². The Labute approximate surface area is 114 Å². The molecule has 2 aromatic heterocycles. The molecule has 2 rings (SSSR count). The number of hydrazine groups is 1. The van der Waals surface area contributed by atoms with Gasteiger partial charge >= 0.3 is 0 Å². The summed E-state index contributed by atoms with van der Waals surface area (Å²) < 4.78 is 0. The maximum atomic E-state index is 11.6. The molecule has 2 aromatic rings. The Balaban J connectivity index is 1.78. The van der Waals surface area contributed by atoms with Crippen molar-refractivity contribution in [3.05, 3.63) is 42.9 Å². The van der Waals surface area contributed by atoms with Crippen molar-refractivity contribution < 1.29 is 4.79 Å². The fourth-order valence-corrected chi connectivity index (χ4v) is 2.01. The second-order valence-electron chi connectivity index (χ2n) is 3.59. The van der Waals surface area contributed by atoms with Crippen LogP contribution in [0.25, 0.3) is 0 Å². The number of hydrogen-bond donors (Lipinski definition) is 3. The Bertz CT molecular complexity index is 549. The lowest BCUT2D eigenvalue weighted by atomic mass is 10.4. The van der Waals surface area contributed by atoms with Crippen molar-refractivity contribution in [2.24, 2.45) is 0 Å². The first-order valence-electron chi connectivity index (χ1n) is 5.54. The predicted octanol–water partition coefficient (Wildman–Crippen LogP) is 1.29. The molecule has 1 amide bonds. The number of anilines is 2. The van der Waals surface area contributed by atoms with Gasteiger partial charge in [-0.2, -0.15) is 0 Å². The van der Waals surface area contributed by atoms with Gasteiger partial charge in [-0.3, -0.25) is 20.6 Å². The van der Waals surface area contributed by atoms with Crippen molar-refractivity contribution >= 4 is 29.2 Å². The van der Waals surface area contributed by atoms with Crippen molar-refractivity contribution in [1.82, 2.24) is 15.4 Å². The third kappa shape index (κ3) is 4.14. The first-order valence-corrected chi connectivity index (χ1v) is 6.52. The van der Waals surface area contributed by atoms with Crippen LogP contribution in [0.3, 0.4) is 0 Å². The minimum atomic E-state index is -0.160. The first-order chi connectivity index (χ1) is 9.25. The Kier molecular flexibility index (Phi) is 4.57. The van der Waals surface area contributed by atoms with E-state index in [9.17, 15) is 4.79 Å². The quantitative estimate of drug-likeness (QED) is 0.562.